The minimum atomic E-state index is -0.969. The summed E-state index contributed by atoms with van der Waals surface area (Å²) < 4.78 is 31.9. The summed E-state index contributed by atoms with van der Waals surface area (Å²) in [6.45, 7) is 4.54. The number of amides is 1. The molecular formula is C12H16F2N2O2. The van der Waals surface area contributed by atoms with Gasteiger partial charge in [0.2, 0.25) is 0 Å². The van der Waals surface area contributed by atoms with Gasteiger partial charge in [0.15, 0.2) is 0 Å². The normalized spacial score (nSPS) is 12.2. The van der Waals surface area contributed by atoms with Crippen molar-refractivity contribution >= 4 is 11.6 Å². The van der Waals surface area contributed by atoms with E-state index >= 15 is 0 Å². The van der Waals surface area contributed by atoms with Gasteiger partial charge in [-0.05, 0) is 19.9 Å². The number of benzene rings is 1. The van der Waals surface area contributed by atoms with E-state index in [1.165, 1.54) is 0 Å². The van der Waals surface area contributed by atoms with E-state index in [9.17, 15) is 13.6 Å². The Kier molecular flexibility index (Phi) is 5.03. The Labute approximate surface area is 104 Å². The molecule has 0 saturated heterocycles. The van der Waals surface area contributed by atoms with Gasteiger partial charge in [-0.2, -0.15) is 0 Å². The number of halogens is 2. The van der Waals surface area contributed by atoms with Crippen molar-refractivity contribution in [2.24, 2.45) is 5.73 Å². The van der Waals surface area contributed by atoms with E-state index in [0.29, 0.717) is 19.3 Å². The fourth-order valence-corrected chi connectivity index (χ4v) is 1.45. The second-order valence-electron chi connectivity index (χ2n) is 3.88. The lowest BCUT2D eigenvalue weighted by molar-refractivity contribution is 0.0996. The van der Waals surface area contributed by atoms with Crippen LogP contribution in [-0.4, -0.2) is 25.2 Å². The minimum absolute atomic E-state index is 0.0254. The average Bonchev–Trinajstić information content (AvgIpc) is 2.29. The Morgan fingerprint density at radius 2 is 2.11 bits per heavy atom. The number of primary amides is 1. The Hall–Kier alpha value is -1.69. The largest absolute Gasteiger partial charge is 0.380 e. The topological polar surface area (TPSA) is 64.3 Å². The minimum Gasteiger partial charge on any atom is -0.380 e. The lowest BCUT2D eigenvalue weighted by atomic mass is 10.1. The maximum atomic E-state index is 13.5. The average molecular weight is 258 g/mol. The van der Waals surface area contributed by atoms with Crippen LogP contribution in [0, 0.1) is 11.6 Å². The number of nitrogens with one attached hydrogen (secondary N) is 1. The first-order chi connectivity index (χ1) is 8.45. The van der Waals surface area contributed by atoms with E-state index in [-0.39, 0.29) is 17.3 Å². The van der Waals surface area contributed by atoms with Crippen LogP contribution in [0.25, 0.3) is 0 Å². The van der Waals surface area contributed by atoms with Crippen molar-refractivity contribution < 1.29 is 18.3 Å². The summed E-state index contributed by atoms with van der Waals surface area (Å²) in [4.78, 5) is 11.0. The summed E-state index contributed by atoms with van der Waals surface area (Å²) in [5.74, 6) is -2.68. The van der Waals surface area contributed by atoms with Gasteiger partial charge in [-0.1, -0.05) is 0 Å². The number of carbonyl (C=O) groups excluding carboxylic acids is 1. The predicted octanol–water partition coefficient (Wildman–Crippen LogP) is 1.90. The molecule has 0 heterocycles. The van der Waals surface area contributed by atoms with E-state index in [4.69, 9.17) is 10.5 Å². The number of carbonyl (C=O) groups is 1. The highest BCUT2D eigenvalue weighted by molar-refractivity contribution is 5.94. The van der Waals surface area contributed by atoms with E-state index in [2.05, 4.69) is 5.32 Å². The van der Waals surface area contributed by atoms with Gasteiger partial charge in [-0.3, -0.25) is 4.79 Å². The van der Waals surface area contributed by atoms with Crippen molar-refractivity contribution in [2.45, 2.75) is 19.9 Å². The molecule has 1 aromatic rings. The van der Waals surface area contributed by atoms with Crippen LogP contribution in [0.5, 0.6) is 0 Å². The van der Waals surface area contributed by atoms with Gasteiger partial charge in [-0.15, -0.1) is 0 Å². The summed E-state index contributed by atoms with van der Waals surface area (Å²) in [6, 6.07) is 1.52. The number of hydrogen-bond donors (Lipinski definition) is 2. The monoisotopic (exact) mass is 258 g/mol. The molecule has 0 aliphatic heterocycles. The van der Waals surface area contributed by atoms with Gasteiger partial charge in [-0.25, -0.2) is 8.78 Å². The summed E-state index contributed by atoms with van der Waals surface area (Å²) in [5.41, 5.74) is 4.67. The molecule has 3 N–H and O–H groups in total. The third-order valence-corrected chi connectivity index (χ3v) is 2.30. The van der Waals surface area contributed by atoms with Gasteiger partial charge in [0, 0.05) is 18.7 Å². The van der Waals surface area contributed by atoms with E-state index in [1.54, 1.807) is 6.92 Å². The molecule has 1 rings (SSSR count). The first-order valence-electron chi connectivity index (χ1n) is 5.58. The van der Waals surface area contributed by atoms with Crippen LogP contribution in [0.15, 0.2) is 12.1 Å². The molecule has 0 saturated carbocycles. The third-order valence-electron chi connectivity index (χ3n) is 2.30. The number of nitrogens with two attached hydrogens (primary N) is 1. The SMILES string of the molecule is CCOCC(C)Nc1cc(C(N)=O)c(F)cc1F. The zero-order valence-corrected chi connectivity index (χ0v) is 10.3. The van der Waals surface area contributed by atoms with Gasteiger partial charge >= 0.3 is 0 Å². The lowest BCUT2D eigenvalue weighted by Crippen LogP contribution is -2.23. The molecular weight excluding hydrogens is 242 g/mol. The van der Waals surface area contributed by atoms with E-state index in [1.807, 2.05) is 6.92 Å². The van der Waals surface area contributed by atoms with Gasteiger partial charge in [0.1, 0.15) is 11.6 Å². The number of anilines is 1. The molecule has 1 aromatic carbocycles. The highest BCUT2D eigenvalue weighted by Gasteiger charge is 2.15. The van der Waals surface area contributed by atoms with Crippen LogP contribution >= 0.6 is 0 Å². The Morgan fingerprint density at radius 3 is 2.67 bits per heavy atom. The molecule has 1 atom stereocenters. The molecule has 1 amide bonds. The molecule has 6 heteroatoms. The zero-order chi connectivity index (χ0) is 13.7. The van der Waals surface area contributed by atoms with Crippen LogP contribution in [0.3, 0.4) is 0 Å². The molecule has 0 bridgehead atoms. The van der Waals surface area contributed by atoms with Crippen LogP contribution in [0.1, 0.15) is 24.2 Å². The quantitative estimate of drug-likeness (QED) is 0.819. The second-order valence-corrected chi connectivity index (χ2v) is 3.88. The van der Waals surface area contributed by atoms with Gasteiger partial charge in [0.25, 0.3) is 5.91 Å². The van der Waals surface area contributed by atoms with Crippen LogP contribution in [-0.2, 0) is 4.74 Å². The first-order valence-corrected chi connectivity index (χ1v) is 5.58. The van der Waals surface area contributed by atoms with Crippen molar-refractivity contribution in [3.63, 3.8) is 0 Å². The lowest BCUT2D eigenvalue weighted by Gasteiger charge is -2.16. The van der Waals surface area contributed by atoms with Gasteiger partial charge < -0.3 is 15.8 Å². The molecule has 18 heavy (non-hydrogen) atoms. The first kappa shape index (κ1) is 14.4. The van der Waals surface area contributed by atoms with E-state index in [0.717, 1.165) is 6.07 Å². The second kappa shape index (κ2) is 6.30. The molecule has 4 nitrogen and oxygen atoms in total. The molecule has 1 unspecified atom stereocenters. The van der Waals surface area contributed by atoms with Crippen molar-refractivity contribution in [3.05, 3.63) is 29.3 Å². The van der Waals surface area contributed by atoms with Gasteiger partial charge in [0.05, 0.1) is 17.9 Å². The Bertz CT molecular complexity index is 438. The summed E-state index contributed by atoms with van der Waals surface area (Å²) in [6.07, 6.45) is 0. The van der Waals surface area contributed by atoms with Crippen molar-refractivity contribution in [1.29, 1.82) is 0 Å². The highest BCUT2D eigenvalue weighted by Crippen LogP contribution is 2.20. The Balaban J connectivity index is 2.88. The van der Waals surface area contributed by atoms with E-state index < -0.39 is 17.5 Å². The van der Waals surface area contributed by atoms with Crippen molar-refractivity contribution in [1.82, 2.24) is 0 Å². The smallest absolute Gasteiger partial charge is 0.251 e. The number of ether oxygens (including phenoxy) is 1. The summed E-state index contributed by atoms with van der Waals surface area (Å²) in [7, 11) is 0. The molecule has 0 aromatic heterocycles. The summed E-state index contributed by atoms with van der Waals surface area (Å²) >= 11 is 0. The zero-order valence-electron chi connectivity index (χ0n) is 10.3. The van der Waals surface area contributed by atoms with Crippen LogP contribution in [0.2, 0.25) is 0 Å². The van der Waals surface area contributed by atoms with Crippen LogP contribution in [0.4, 0.5) is 14.5 Å². The number of rotatable bonds is 6. The molecule has 100 valence electrons. The van der Waals surface area contributed by atoms with Crippen molar-refractivity contribution in [3.8, 4) is 0 Å². The molecule has 0 aliphatic rings. The molecule has 0 aliphatic carbocycles. The molecule has 0 spiro atoms. The molecule has 0 radical (unpaired) electrons. The van der Waals surface area contributed by atoms with Crippen LogP contribution < -0.4 is 11.1 Å². The standard InChI is InChI=1S/C12H16F2N2O2/c1-3-18-6-7(2)16-11-4-8(12(15)17)9(13)5-10(11)14/h4-5,7,16H,3,6H2,1-2H3,(H2,15,17). The molecule has 0 fully saturated rings. The maximum Gasteiger partial charge on any atom is 0.251 e. The maximum absolute atomic E-state index is 13.5. The fourth-order valence-electron chi connectivity index (χ4n) is 1.45. The summed E-state index contributed by atoms with van der Waals surface area (Å²) in [5, 5.41) is 2.79. The predicted molar refractivity (Wildman–Crippen MR) is 64.5 cm³/mol. The fraction of sp³-hybridized carbons (Fsp3) is 0.417. The third kappa shape index (κ3) is 3.66. The highest BCUT2D eigenvalue weighted by atomic mass is 19.1. The Morgan fingerprint density at radius 1 is 1.44 bits per heavy atom. The number of hydrogen-bond acceptors (Lipinski definition) is 3. The van der Waals surface area contributed by atoms with Crippen molar-refractivity contribution in [2.75, 3.05) is 18.5 Å².